The Labute approximate surface area is 150 Å². The van der Waals surface area contributed by atoms with Gasteiger partial charge in [0.15, 0.2) is 5.82 Å². The summed E-state index contributed by atoms with van der Waals surface area (Å²) in [4.78, 5) is 6.97. The molecule has 25 heavy (non-hydrogen) atoms. The number of piperidine rings is 1. The highest BCUT2D eigenvalue weighted by Crippen LogP contribution is 2.39. The van der Waals surface area contributed by atoms with E-state index < -0.39 is 5.60 Å². The highest BCUT2D eigenvalue weighted by molar-refractivity contribution is 6.31. The lowest BCUT2D eigenvalue weighted by molar-refractivity contribution is -0.00635. The predicted molar refractivity (Wildman–Crippen MR) is 97.1 cm³/mol. The molecule has 130 valence electrons. The Bertz CT molecular complexity index is 942. The van der Waals surface area contributed by atoms with Crippen molar-refractivity contribution >= 4 is 22.6 Å². The fourth-order valence-electron chi connectivity index (χ4n) is 3.77. The van der Waals surface area contributed by atoms with Crippen molar-refractivity contribution < 1.29 is 9.50 Å². The number of rotatable bonds is 2. The third-order valence-corrected chi connectivity index (χ3v) is 5.29. The van der Waals surface area contributed by atoms with Crippen LogP contribution in [-0.2, 0) is 5.60 Å². The molecule has 0 saturated carbocycles. The maximum atomic E-state index is 14.1. The molecular formula is C19H19ClFN3O. The van der Waals surface area contributed by atoms with Crippen molar-refractivity contribution in [1.29, 1.82) is 0 Å². The minimum Gasteiger partial charge on any atom is -0.385 e. The zero-order chi connectivity index (χ0) is 17.6. The molecular weight excluding hydrogens is 341 g/mol. The normalized spacial score (nSPS) is 23.9. The van der Waals surface area contributed by atoms with Gasteiger partial charge in [-0.15, -0.1) is 0 Å². The van der Waals surface area contributed by atoms with E-state index in [9.17, 15) is 9.50 Å². The first-order valence-corrected chi connectivity index (χ1v) is 8.73. The lowest BCUT2D eigenvalue weighted by Crippen LogP contribution is -2.45. The van der Waals surface area contributed by atoms with Crippen molar-refractivity contribution in [2.75, 3.05) is 6.54 Å². The maximum Gasteiger partial charge on any atom is 0.150 e. The summed E-state index contributed by atoms with van der Waals surface area (Å²) in [6, 6.07) is 7.53. The van der Waals surface area contributed by atoms with Crippen LogP contribution in [0, 0.1) is 5.82 Å². The summed E-state index contributed by atoms with van der Waals surface area (Å²) >= 11 is 6.52. The van der Waals surface area contributed by atoms with E-state index in [0.29, 0.717) is 28.9 Å². The van der Waals surface area contributed by atoms with E-state index in [1.807, 2.05) is 12.1 Å². The van der Waals surface area contributed by atoms with Crippen molar-refractivity contribution in [3.05, 3.63) is 53.1 Å². The molecule has 4 nitrogen and oxygen atoms in total. The Hall–Kier alpha value is -1.95. The van der Waals surface area contributed by atoms with Crippen LogP contribution in [0.5, 0.6) is 0 Å². The van der Waals surface area contributed by atoms with Crippen LogP contribution in [0.25, 0.3) is 22.2 Å². The fraction of sp³-hybridized carbons (Fsp3) is 0.316. The van der Waals surface area contributed by atoms with Gasteiger partial charge in [-0.25, -0.2) is 9.37 Å². The molecule has 6 heteroatoms. The van der Waals surface area contributed by atoms with Crippen LogP contribution in [0.15, 0.2) is 36.7 Å². The number of aromatic nitrogens is 2. The summed E-state index contributed by atoms with van der Waals surface area (Å²) < 4.78 is 14.1. The van der Waals surface area contributed by atoms with Crippen molar-refractivity contribution in [2.24, 2.45) is 0 Å². The second kappa shape index (κ2) is 6.09. The summed E-state index contributed by atoms with van der Waals surface area (Å²) in [6.07, 6.45) is 4.16. The monoisotopic (exact) mass is 359 g/mol. The van der Waals surface area contributed by atoms with Crippen molar-refractivity contribution in [2.45, 2.75) is 31.4 Å². The van der Waals surface area contributed by atoms with Gasteiger partial charge >= 0.3 is 0 Å². The van der Waals surface area contributed by atoms with Gasteiger partial charge in [0.2, 0.25) is 0 Å². The highest BCUT2D eigenvalue weighted by atomic mass is 35.5. The third kappa shape index (κ3) is 2.82. The Balaban J connectivity index is 1.78. The molecule has 0 aliphatic carbocycles. The number of fused-ring (bicyclic) bond motifs is 1. The molecule has 1 fully saturated rings. The SMILES string of the molecule is CC1CC(O)(c2ccc(-c3ccnc4[nH]cc(F)c34)cc2Cl)CCN1. The number of hydrogen-bond donors (Lipinski definition) is 3. The number of H-pyrrole nitrogens is 1. The first-order chi connectivity index (χ1) is 12.0. The van der Waals surface area contributed by atoms with Gasteiger partial charge < -0.3 is 15.4 Å². The lowest BCUT2D eigenvalue weighted by atomic mass is 9.81. The minimum absolute atomic E-state index is 0.225. The van der Waals surface area contributed by atoms with E-state index in [2.05, 4.69) is 22.2 Å². The third-order valence-electron chi connectivity index (χ3n) is 4.98. The second-order valence-electron chi connectivity index (χ2n) is 6.75. The number of aromatic amines is 1. The number of aliphatic hydroxyl groups is 1. The molecule has 2 unspecified atom stereocenters. The van der Waals surface area contributed by atoms with E-state index in [4.69, 9.17) is 11.6 Å². The number of pyridine rings is 1. The minimum atomic E-state index is -0.937. The molecule has 4 rings (SSSR count). The predicted octanol–water partition coefficient (Wildman–Crippen LogP) is 3.98. The average Bonchev–Trinajstić information content (AvgIpc) is 2.96. The molecule has 3 aromatic rings. The smallest absolute Gasteiger partial charge is 0.150 e. The second-order valence-corrected chi connectivity index (χ2v) is 7.16. The van der Waals surface area contributed by atoms with Gasteiger partial charge in [-0.3, -0.25) is 0 Å². The molecule has 1 aliphatic heterocycles. The number of nitrogens with one attached hydrogen (secondary N) is 2. The topological polar surface area (TPSA) is 60.9 Å². The zero-order valence-corrected chi connectivity index (χ0v) is 14.6. The number of hydrogen-bond acceptors (Lipinski definition) is 3. The van der Waals surface area contributed by atoms with Crippen LogP contribution >= 0.6 is 11.6 Å². The van der Waals surface area contributed by atoms with Crippen LogP contribution in [0.4, 0.5) is 4.39 Å². The lowest BCUT2D eigenvalue weighted by Gasteiger charge is -2.37. The molecule has 0 spiro atoms. The summed E-state index contributed by atoms with van der Waals surface area (Å²) in [5, 5.41) is 15.3. The Morgan fingerprint density at radius 2 is 2.20 bits per heavy atom. The number of halogens is 2. The van der Waals surface area contributed by atoms with Gasteiger partial charge in [0.1, 0.15) is 5.65 Å². The summed E-state index contributed by atoms with van der Waals surface area (Å²) in [6.45, 7) is 2.80. The summed E-state index contributed by atoms with van der Waals surface area (Å²) in [5.74, 6) is -0.343. The van der Waals surface area contributed by atoms with Gasteiger partial charge in [0.25, 0.3) is 0 Å². The van der Waals surface area contributed by atoms with Crippen LogP contribution in [0.1, 0.15) is 25.3 Å². The highest BCUT2D eigenvalue weighted by Gasteiger charge is 2.35. The standard InChI is InChI=1S/C19H19ClFN3O/c1-11-9-19(25,5-7-22-11)14-3-2-12(8-15(14)20)13-4-6-23-18-17(13)16(21)10-24-18/h2-4,6,8,10-11,22,25H,5,7,9H2,1H3,(H,23,24). The van der Waals surface area contributed by atoms with Crippen LogP contribution in [-0.4, -0.2) is 27.7 Å². The van der Waals surface area contributed by atoms with Crippen molar-refractivity contribution in [3.8, 4) is 11.1 Å². The van der Waals surface area contributed by atoms with Crippen LogP contribution < -0.4 is 5.32 Å². The maximum absolute atomic E-state index is 14.1. The van der Waals surface area contributed by atoms with E-state index >= 15 is 0 Å². The molecule has 0 bridgehead atoms. The molecule has 1 saturated heterocycles. The van der Waals surface area contributed by atoms with Gasteiger partial charge in [-0.2, -0.15) is 0 Å². The van der Waals surface area contributed by atoms with Crippen LogP contribution in [0.3, 0.4) is 0 Å². The number of nitrogens with zero attached hydrogens (tertiary/aromatic N) is 1. The Morgan fingerprint density at radius 1 is 1.36 bits per heavy atom. The molecule has 1 aliphatic rings. The molecule has 0 radical (unpaired) electrons. The van der Waals surface area contributed by atoms with Crippen LogP contribution in [0.2, 0.25) is 5.02 Å². The first-order valence-electron chi connectivity index (χ1n) is 8.36. The molecule has 3 heterocycles. The van der Waals surface area contributed by atoms with Gasteiger partial charge in [0.05, 0.1) is 11.0 Å². The van der Waals surface area contributed by atoms with E-state index in [-0.39, 0.29) is 11.9 Å². The van der Waals surface area contributed by atoms with Gasteiger partial charge in [0, 0.05) is 29.0 Å². The van der Waals surface area contributed by atoms with E-state index in [0.717, 1.165) is 23.2 Å². The quantitative estimate of drug-likeness (QED) is 0.648. The molecule has 0 amide bonds. The average molecular weight is 360 g/mol. The Morgan fingerprint density at radius 3 is 2.96 bits per heavy atom. The van der Waals surface area contributed by atoms with E-state index in [1.165, 1.54) is 6.20 Å². The van der Waals surface area contributed by atoms with Gasteiger partial charge in [-0.05, 0) is 49.6 Å². The van der Waals surface area contributed by atoms with E-state index in [1.54, 1.807) is 18.3 Å². The summed E-state index contributed by atoms with van der Waals surface area (Å²) in [5.41, 5.74) is 1.81. The number of benzene rings is 1. The largest absolute Gasteiger partial charge is 0.385 e. The summed E-state index contributed by atoms with van der Waals surface area (Å²) in [7, 11) is 0. The molecule has 2 aromatic heterocycles. The molecule has 2 atom stereocenters. The van der Waals surface area contributed by atoms with Crippen molar-refractivity contribution in [1.82, 2.24) is 15.3 Å². The van der Waals surface area contributed by atoms with Crippen molar-refractivity contribution in [3.63, 3.8) is 0 Å². The zero-order valence-electron chi connectivity index (χ0n) is 13.8. The Kier molecular flexibility index (Phi) is 4.02. The molecule has 1 aromatic carbocycles. The van der Waals surface area contributed by atoms with Gasteiger partial charge in [-0.1, -0.05) is 23.7 Å². The first kappa shape index (κ1) is 16.5. The molecule has 3 N–H and O–H groups in total. The fourth-order valence-corrected chi connectivity index (χ4v) is 4.12.